The number of aromatic nitrogens is 3. The Kier molecular flexibility index (Phi) is 8.71. The maximum atomic E-state index is 12.3. The maximum Gasteiger partial charge on any atom is 0.297 e. The van der Waals surface area contributed by atoms with Crippen molar-refractivity contribution in [3.8, 4) is 0 Å². The molecule has 12 nitrogen and oxygen atoms in total. The Labute approximate surface area is 194 Å². The highest BCUT2D eigenvalue weighted by Crippen LogP contribution is 2.25. The van der Waals surface area contributed by atoms with Gasteiger partial charge in [0, 0.05) is 32.9 Å². The van der Waals surface area contributed by atoms with Crippen molar-refractivity contribution >= 4 is 49.8 Å². The van der Waals surface area contributed by atoms with Crippen LogP contribution in [0.3, 0.4) is 0 Å². The van der Waals surface area contributed by atoms with E-state index in [2.05, 4.69) is 35.2 Å². The highest BCUT2D eigenvalue weighted by molar-refractivity contribution is 7.87. The molecule has 1 N–H and O–H groups in total. The summed E-state index contributed by atoms with van der Waals surface area (Å²) in [4.78, 5) is 16.4. The molecule has 0 saturated carbocycles. The molecule has 33 heavy (non-hydrogen) atoms. The Morgan fingerprint density at radius 3 is 2.21 bits per heavy atom. The van der Waals surface area contributed by atoms with E-state index in [1.165, 1.54) is 12.1 Å². The fourth-order valence-corrected chi connectivity index (χ4v) is 4.10. The molecule has 1 heterocycles. The molecule has 0 atom stereocenters. The summed E-state index contributed by atoms with van der Waals surface area (Å²) in [6.07, 6.45) is 1.41. The molecule has 0 aliphatic rings. The summed E-state index contributed by atoms with van der Waals surface area (Å²) in [5, 5.41) is 2.98. The first kappa shape index (κ1) is 26.4. The minimum Gasteiger partial charge on any atom is -0.344 e. The van der Waals surface area contributed by atoms with Crippen LogP contribution < -0.4 is 15.1 Å². The van der Waals surface area contributed by atoms with E-state index in [0.717, 1.165) is 14.2 Å². The van der Waals surface area contributed by atoms with E-state index in [1.807, 2.05) is 6.92 Å². The Morgan fingerprint density at radius 1 is 1.03 bits per heavy atom. The molecule has 0 saturated heterocycles. The fourth-order valence-electron chi connectivity index (χ4n) is 2.54. The summed E-state index contributed by atoms with van der Waals surface area (Å²) in [6, 6.07) is 4.61. The number of hydrogen-bond acceptors (Lipinski definition) is 12. The second-order valence-corrected chi connectivity index (χ2v) is 10.4. The van der Waals surface area contributed by atoms with Gasteiger partial charge >= 0.3 is 0 Å². The third kappa shape index (κ3) is 6.83. The van der Waals surface area contributed by atoms with E-state index < -0.39 is 20.2 Å². The number of nitrogens with zero attached hydrogens (tertiary/aromatic N) is 5. The molecule has 182 valence electrons. The normalized spacial score (nSPS) is 11.8. The zero-order chi connectivity index (χ0) is 24.8. The highest BCUT2D eigenvalue weighted by atomic mass is 32.2. The van der Waals surface area contributed by atoms with E-state index in [9.17, 15) is 16.8 Å². The molecule has 14 heteroatoms. The van der Waals surface area contributed by atoms with E-state index >= 15 is 0 Å². The van der Waals surface area contributed by atoms with Crippen molar-refractivity contribution in [1.82, 2.24) is 15.0 Å². The molecule has 0 fully saturated rings. The Morgan fingerprint density at radius 2 is 1.67 bits per heavy atom. The van der Waals surface area contributed by atoms with Crippen molar-refractivity contribution < 1.29 is 25.2 Å². The predicted octanol–water partition coefficient (Wildman–Crippen LogP) is 1.46. The summed E-state index contributed by atoms with van der Waals surface area (Å²) in [5.74, 6) is 0.457. The van der Waals surface area contributed by atoms with Gasteiger partial charge in [-0.1, -0.05) is 18.7 Å². The topological polar surface area (TPSA) is 144 Å². The van der Waals surface area contributed by atoms with Crippen LogP contribution in [0.2, 0.25) is 0 Å². The molecule has 1 aromatic heterocycles. The van der Waals surface area contributed by atoms with Gasteiger partial charge in [0.1, 0.15) is 4.90 Å². The van der Waals surface area contributed by atoms with Crippen molar-refractivity contribution in [2.45, 2.75) is 11.8 Å². The predicted molar refractivity (Wildman–Crippen MR) is 127 cm³/mol. The van der Waals surface area contributed by atoms with E-state index in [0.29, 0.717) is 23.7 Å². The van der Waals surface area contributed by atoms with Gasteiger partial charge in [-0.05, 0) is 24.6 Å². The third-order valence-electron chi connectivity index (χ3n) is 4.68. The van der Waals surface area contributed by atoms with Crippen molar-refractivity contribution in [2.75, 3.05) is 62.3 Å². The van der Waals surface area contributed by atoms with Gasteiger partial charge in [0.05, 0.1) is 20.0 Å². The standard InChI is InChI=1S/C19H28N6O6S2/c1-7-14-9-10-15(13-16(14)33(28,29)31-6)20-17-21-18(24(3)8-2)23-19(22-17)25(4)11-12-32(26,27)30-5/h7,9-10,13H,1,8,11-12H2,2-6H3,(H,20,21,22,23). The molecular formula is C19H28N6O6S2. The SMILES string of the molecule is C=Cc1ccc(Nc2nc(N(C)CC)nc(N(C)CCS(=O)(=O)OC)n2)cc1S(=O)(=O)OC. The number of nitrogens with one attached hydrogen (secondary N) is 1. The largest absolute Gasteiger partial charge is 0.344 e. The van der Waals surface area contributed by atoms with Gasteiger partial charge in [-0.25, -0.2) is 0 Å². The Balaban J connectivity index is 2.45. The minimum absolute atomic E-state index is 0.0629. The summed E-state index contributed by atoms with van der Waals surface area (Å²) < 4.78 is 57.0. The van der Waals surface area contributed by atoms with Gasteiger partial charge in [0.15, 0.2) is 0 Å². The van der Waals surface area contributed by atoms with Crippen molar-refractivity contribution in [1.29, 1.82) is 0 Å². The van der Waals surface area contributed by atoms with E-state index in [-0.39, 0.29) is 29.1 Å². The van der Waals surface area contributed by atoms with Crippen LogP contribution in [0.15, 0.2) is 29.7 Å². The van der Waals surface area contributed by atoms with Crippen LogP contribution in [0.5, 0.6) is 0 Å². The molecular weight excluding hydrogens is 472 g/mol. The van der Waals surface area contributed by atoms with Crippen molar-refractivity contribution in [3.63, 3.8) is 0 Å². The summed E-state index contributed by atoms with van der Waals surface area (Å²) in [5.41, 5.74) is 0.771. The maximum absolute atomic E-state index is 12.3. The van der Waals surface area contributed by atoms with E-state index in [1.54, 1.807) is 36.0 Å². The van der Waals surface area contributed by atoms with Crippen LogP contribution in [0.1, 0.15) is 12.5 Å². The molecule has 0 radical (unpaired) electrons. The lowest BCUT2D eigenvalue weighted by Gasteiger charge is -2.21. The Bertz CT molecular complexity index is 1200. The lowest BCUT2D eigenvalue weighted by Crippen LogP contribution is -2.29. The summed E-state index contributed by atoms with van der Waals surface area (Å²) in [7, 11) is -2.02. The fraction of sp³-hybridized carbons (Fsp3) is 0.421. The van der Waals surface area contributed by atoms with Gasteiger partial charge in [-0.3, -0.25) is 8.37 Å². The van der Waals surface area contributed by atoms with Crippen molar-refractivity contribution in [2.24, 2.45) is 0 Å². The molecule has 0 amide bonds. The zero-order valence-electron chi connectivity index (χ0n) is 19.1. The second-order valence-electron chi connectivity index (χ2n) is 6.83. The highest BCUT2D eigenvalue weighted by Gasteiger charge is 2.19. The number of benzene rings is 1. The lowest BCUT2D eigenvalue weighted by molar-refractivity contribution is 0.396. The van der Waals surface area contributed by atoms with Gasteiger partial charge < -0.3 is 15.1 Å². The smallest absolute Gasteiger partial charge is 0.297 e. The molecule has 0 spiro atoms. The van der Waals surface area contributed by atoms with Gasteiger partial charge in [0.25, 0.3) is 20.2 Å². The zero-order valence-corrected chi connectivity index (χ0v) is 20.8. The minimum atomic E-state index is -3.98. The van der Waals surface area contributed by atoms with Gasteiger partial charge in [-0.2, -0.15) is 31.8 Å². The van der Waals surface area contributed by atoms with Crippen LogP contribution in [0.25, 0.3) is 6.08 Å². The average molecular weight is 501 g/mol. The van der Waals surface area contributed by atoms with Crippen molar-refractivity contribution in [3.05, 3.63) is 30.3 Å². The first-order valence-corrected chi connectivity index (χ1v) is 12.8. The summed E-state index contributed by atoms with van der Waals surface area (Å²) >= 11 is 0. The number of anilines is 4. The average Bonchev–Trinajstić information content (AvgIpc) is 2.81. The number of hydrogen-bond donors (Lipinski definition) is 1. The van der Waals surface area contributed by atoms with Crippen LogP contribution in [0.4, 0.5) is 23.5 Å². The number of rotatable bonds is 12. The molecule has 2 rings (SSSR count). The van der Waals surface area contributed by atoms with E-state index in [4.69, 9.17) is 0 Å². The molecule has 2 aromatic rings. The quantitative estimate of drug-likeness (QED) is 0.421. The first-order chi connectivity index (χ1) is 15.5. The van der Waals surface area contributed by atoms with Crippen LogP contribution in [-0.2, 0) is 28.6 Å². The Hall–Kier alpha value is -2.81. The lowest BCUT2D eigenvalue weighted by atomic mass is 10.2. The van der Waals surface area contributed by atoms with Gasteiger partial charge in [-0.15, -0.1) is 0 Å². The molecule has 1 aromatic carbocycles. The molecule has 0 unspecified atom stereocenters. The monoisotopic (exact) mass is 500 g/mol. The van der Waals surface area contributed by atoms with Crippen LogP contribution in [0, 0.1) is 0 Å². The molecule has 0 aliphatic heterocycles. The second kappa shape index (κ2) is 10.9. The first-order valence-electron chi connectivity index (χ1n) is 9.77. The van der Waals surface area contributed by atoms with Crippen LogP contribution in [-0.4, -0.2) is 78.9 Å². The van der Waals surface area contributed by atoms with Crippen LogP contribution >= 0.6 is 0 Å². The van der Waals surface area contributed by atoms with Gasteiger partial charge in [0.2, 0.25) is 17.8 Å². The molecule has 0 bridgehead atoms. The third-order valence-corrected chi connectivity index (χ3v) is 7.20. The summed E-state index contributed by atoms with van der Waals surface area (Å²) in [6.45, 7) is 6.24. The molecule has 0 aliphatic carbocycles.